The highest BCUT2D eigenvalue weighted by atomic mass is 16.5. The molecule has 2 aromatic heterocycles. The fourth-order valence-corrected chi connectivity index (χ4v) is 3.65. The van der Waals surface area contributed by atoms with Crippen molar-refractivity contribution < 1.29 is 14.6 Å². The number of aliphatic hydroxyl groups excluding tert-OH is 1. The number of aliphatic hydroxyl groups is 1. The maximum Gasteiger partial charge on any atom is 0.342 e. The molecular weight excluding hydrogens is 442 g/mol. The van der Waals surface area contributed by atoms with Crippen LogP contribution in [0.15, 0.2) is 96.9 Å². The Kier molecular flexibility index (Phi) is 5.80. The van der Waals surface area contributed by atoms with Crippen molar-refractivity contribution in [1.82, 2.24) is 19.7 Å². The Morgan fingerprint density at radius 1 is 1.00 bits per heavy atom. The molecule has 0 unspecified atom stereocenters. The molecule has 5 aromatic rings. The minimum absolute atomic E-state index is 0.0998. The molecule has 0 bridgehead atoms. The Morgan fingerprint density at radius 2 is 1.69 bits per heavy atom. The fourth-order valence-electron chi connectivity index (χ4n) is 3.65. The number of fused-ring (bicyclic) bond motifs is 1. The van der Waals surface area contributed by atoms with Crippen LogP contribution in [0.4, 0.5) is 0 Å². The molecule has 0 fully saturated rings. The number of hydrogen-bond donors (Lipinski definition) is 2. The zero-order valence-corrected chi connectivity index (χ0v) is 18.4. The van der Waals surface area contributed by atoms with E-state index in [2.05, 4.69) is 15.1 Å². The number of carbonyl (C=O) groups excluding carboxylic acids is 1. The van der Waals surface area contributed by atoms with Gasteiger partial charge in [-0.1, -0.05) is 60.7 Å². The molecule has 170 valence electrons. The predicted octanol–water partition coefficient (Wildman–Crippen LogP) is 5.07. The fraction of sp³-hybridized carbons (Fsp3) is 0.0370. The van der Waals surface area contributed by atoms with Gasteiger partial charge < -0.3 is 14.8 Å². The molecule has 0 saturated heterocycles. The number of benzene rings is 3. The number of rotatable bonds is 6. The van der Waals surface area contributed by atoms with Crippen molar-refractivity contribution in [2.24, 2.45) is 0 Å². The topological polar surface area (TPSA) is 117 Å². The number of para-hydroxylation sites is 3. The summed E-state index contributed by atoms with van der Waals surface area (Å²) in [6, 6.07) is 27.9. The van der Waals surface area contributed by atoms with Gasteiger partial charge in [0.2, 0.25) is 0 Å². The van der Waals surface area contributed by atoms with E-state index in [0.29, 0.717) is 11.2 Å². The van der Waals surface area contributed by atoms with Crippen LogP contribution in [0.25, 0.3) is 33.6 Å². The first-order valence-electron chi connectivity index (χ1n) is 10.8. The molecule has 5 rings (SSSR count). The summed E-state index contributed by atoms with van der Waals surface area (Å²) in [5.41, 5.74) is 3.48. The molecule has 0 amide bonds. The van der Waals surface area contributed by atoms with Crippen LogP contribution in [-0.4, -0.2) is 37.4 Å². The van der Waals surface area contributed by atoms with Crippen molar-refractivity contribution in [2.75, 3.05) is 6.61 Å². The standard InChI is InChI=1S/C27H19N5O3/c28-15-20(26-29-22-13-7-8-14-23(22)30-26)24(33)17-35-27(34)21-16-32(19-11-5-2-6-12-19)31-25(21)18-9-3-1-4-10-18/h1-14,16,33H,17H2,(H,29,30). The Labute approximate surface area is 200 Å². The van der Waals surface area contributed by atoms with E-state index in [9.17, 15) is 15.2 Å². The number of nitrogens with zero attached hydrogens (tertiary/aromatic N) is 4. The summed E-state index contributed by atoms with van der Waals surface area (Å²) in [5, 5.41) is 24.7. The Bertz CT molecular complexity index is 1540. The Hall–Kier alpha value is -5.16. The van der Waals surface area contributed by atoms with Crippen LogP contribution in [0.3, 0.4) is 0 Å². The number of imidazole rings is 1. The zero-order valence-electron chi connectivity index (χ0n) is 18.4. The second-order valence-corrected chi connectivity index (χ2v) is 7.65. The van der Waals surface area contributed by atoms with E-state index in [1.54, 1.807) is 16.9 Å². The highest BCUT2D eigenvalue weighted by Gasteiger charge is 2.21. The molecule has 0 aliphatic heterocycles. The number of allylic oxidation sites excluding steroid dienone is 1. The van der Waals surface area contributed by atoms with Crippen LogP contribution < -0.4 is 0 Å². The van der Waals surface area contributed by atoms with E-state index in [1.807, 2.05) is 84.9 Å². The smallest absolute Gasteiger partial charge is 0.342 e. The number of nitrogens with one attached hydrogen (secondary N) is 1. The van der Waals surface area contributed by atoms with Gasteiger partial charge >= 0.3 is 5.97 Å². The number of hydrogen-bond acceptors (Lipinski definition) is 6. The summed E-state index contributed by atoms with van der Waals surface area (Å²) in [7, 11) is 0. The predicted molar refractivity (Wildman–Crippen MR) is 131 cm³/mol. The van der Waals surface area contributed by atoms with Crippen LogP contribution in [0.1, 0.15) is 16.2 Å². The second-order valence-electron chi connectivity index (χ2n) is 7.65. The third-order valence-electron chi connectivity index (χ3n) is 5.37. The summed E-state index contributed by atoms with van der Waals surface area (Å²) in [6.07, 6.45) is 1.59. The molecule has 8 nitrogen and oxygen atoms in total. The third-order valence-corrected chi connectivity index (χ3v) is 5.37. The molecule has 0 aliphatic carbocycles. The van der Waals surface area contributed by atoms with E-state index in [1.165, 1.54) is 0 Å². The van der Waals surface area contributed by atoms with E-state index in [0.717, 1.165) is 16.8 Å². The lowest BCUT2D eigenvalue weighted by atomic mass is 10.1. The van der Waals surface area contributed by atoms with Crippen molar-refractivity contribution in [3.8, 4) is 23.0 Å². The number of aromatic amines is 1. The molecule has 0 saturated carbocycles. The summed E-state index contributed by atoms with van der Waals surface area (Å²) in [5.74, 6) is -0.889. The monoisotopic (exact) mass is 461 g/mol. The van der Waals surface area contributed by atoms with E-state index < -0.39 is 18.3 Å². The molecule has 2 heterocycles. The van der Waals surface area contributed by atoms with Crippen LogP contribution in [0.2, 0.25) is 0 Å². The van der Waals surface area contributed by atoms with Crippen molar-refractivity contribution in [1.29, 1.82) is 5.26 Å². The van der Waals surface area contributed by atoms with Gasteiger partial charge in [0, 0.05) is 11.8 Å². The molecule has 0 aliphatic rings. The van der Waals surface area contributed by atoms with Crippen molar-refractivity contribution in [2.45, 2.75) is 0 Å². The van der Waals surface area contributed by atoms with Gasteiger partial charge in [-0.3, -0.25) is 0 Å². The first kappa shape index (κ1) is 21.7. The molecule has 2 N–H and O–H groups in total. The summed E-state index contributed by atoms with van der Waals surface area (Å²) in [6.45, 7) is -0.497. The van der Waals surface area contributed by atoms with Gasteiger partial charge in [0.05, 0.1) is 16.7 Å². The van der Waals surface area contributed by atoms with Gasteiger partial charge in [0.15, 0.2) is 11.6 Å². The third kappa shape index (κ3) is 4.38. The van der Waals surface area contributed by atoms with Crippen LogP contribution in [0, 0.1) is 11.3 Å². The van der Waals surface area contributed by atoms with Crippen LogP contribution >= 0.6 is 0 Å². The molecule has 0 atom stereocenters. The summed E-state index contributed by atoms with van der Waals surface area (Å²) >= 11 is 0. The largest absolute Gasteiger partial charge is 0.507 e. The average Bonchev–Trinajstić information content (AvgIpc) is 3.54. The van der Waals surface area contributed by atoms with Crippen molar-refractivity contribution in [3.63, 3.8) is 0 Å². The lowest BCUT2D eigenvalue weighted by Crippen LogP contribution is -2.10. The number of carbonyl (C=O) groups is 1. The second kappa shape index (κ2) is 9.37. The van der Waals surface area contributed by atoms with E-state index in [4.69, 9.17) is 4.74 Å². The molecular formula is C27H19N5O3. The zero-order chi connectivity index (χ0) is 24.2. The highest BCUT2D eigenvalue weighted by Crippen LogP contribution is 2.25. The number of aromatic nitrogens is 4. The molecule has 0 spiro atoms. The average molecular weight is 461 g/mol. The minimum atomic E-state index is -0.681. The van der Waals surface area contributed by atoms with Crippen LogP contribution in [-0.2, 0) is 4.74 Å². The molecule has 35 heavy (non-hydrogen) atoms. The molecule has 3 aromatic carbocycles. The van der Waals surface area contributed by atoms with Crippen molar-refractivity contribution >= 4 is 22.6 Å². The van der Waals surface area contributed by atoms with Gasteiger partial charge in [-0.05, 0) is 24.3 Å². The minimum Gasteiger partial charge on any atom is -0.507 e. The van der Waals surface area contributed by atoms with Gasteiger partial charge in [-0.2, -0.15) is 10.4 Å². The maximum atomic E-state index is 13.1. The lowest BCUT2D eigenvalue weighted by molar-refractivity contribution is 0.0503. The SMILES string of the molecule is N#CC(=C(O)COC(=O)c1cn(-c2ccccc2)nc1-c1ccccc1)c1nc2ccccc2[nH]1. The van der Waals surface area contributed by atoms with Gasteiger partial charge in [0.1, 0.15) is 29.5 Å². The lowest BCUT2D eigenvalue weighted by Gasteiger charge is -2.06. The van der Waals surface area contributed by atoms with Crippen LogP contribution in [0.5, 0.6) is 0 Å². The normalized spacial score (nSPS) is 11.6. The van der Waals surface area contributed by atoms with E-state index >= 15 is 0 Å². The van der Waals surface area contributed by atoms with Crippen molar-refractivity contribution in [3.05, 3.63) is 108 Å². The summed E-state index contributed by atoms with van der Waals surface area (Å²) in [4.78, 5) is 20.4. The van der Waals surface area contributed by atoms with Gasteiger partial charge in [0.25, 0.3) is 0 Å². The number of H-pyrrole nitrogens is 1. The number of nitriles is 1. The first-order chi connectivity index (χ1) is 17.1. The number of esters is 1. The van der Waals surface area contributed by atoms with Gasteiger partial charge in [-0.25, -0.2) is 14.5 Å². The Balaban J connectivity index is 1.44. The molecule has 8 heteroatoms. The maximum absolute atomic E-state index is 13.1. The number of ether oxygens (including phenoxy) is 1. The van der Waals surface area contributed by atoms with Gasteiger partial charge in [-0.15, -0.1) is 0 Å². The molecule has 0 radical (unpaired) electrons. The summed E-state index contributed by atoms with van der Waals surface area (Å²) < 4.78 is 6.99. The quantitative estimate of drug-likeness (QED) is 0.207. The van der Waals surface area contributed by atoms with E-state index in [-0.39, 0.29) is 17.0 Å². The Morgan fingerprint density at radius 3 is 2.40 bits per heavy atom. The first-order valence-corrected chi connectivity index (χ1v) is 10.8. The highest BCUT2D eigenvalue weighted by molar-refractivity contribution is 5.96.